The molecule has 1 aromatic carbocycles. The summed E-state index contributed by atoms with van der Waals surface area (Å²) in [4.78, 5) is 24.0. The molecule has 0 saturated carbocycles. The number of hydrogen-bond donors (Lipinski definition) is 3. The molecule has 6 nitrogen and oxygen atoms in total. The number of carbonyl (C=O) groups excluding carboxylic acids is 1. The van der Waals surface area contributed by atoms with Crippen molar-refractivity contribution in [1.82, 2.24) is 15.5 Å². The van der Waals surface area contributed by atoms with Gasteiger partial charge in [0.1, 0.15) is 0 Å². The maximum Gasteiger partial charge on any atom is 0.271 e. The highest BCUT2D eigenvalue weighted by molar-refractivity contribution is 5.83. The van der Waals surface area contributed by atoms with Crippen LogP contribution in [0.25, 0.3) is 12.2 Å². The standard InChI is InChI=1S/C20H24N4O2/c1-14(15-8-3-2-4-9-15)19(25)22-13-7-12-21-18-16-10-5-6-11-17(16)20(26)24-23-18/h2-4,8-11,14H,5-7,12-13H2,1H3,(H,21,23)(H,22,25)(H,24,26). The molecule has 2 aromatic rings. The number of hydrogen-bond acceptors (Lipinski definition) is 4. The first kappa shape index (κ1) is 17.9. The normalized spacial score (nSPS) is 13.7. The van der Waals surface area contributed by atoms with Crippen LogP contribution in [0, 0.1) is 0 Å². The van der Waals surface area contributed by atoms with Crippen molar-refractivity contribution in [2.24, 2.45) is 0 Å². The quantitative estimate of drug-likeness (QED) is 0.645. The molecule has 0 radical (unpaired) electrons. The van der Waals surface area contributed by atoms with E-state index in [-0.39, 0.29) is 17.4 Å². The van der Waals surface area contributed by atoms with Gasteiger partial charge in [-0.15, -0.1) is 0 Å². The fraction of sp³-hybridized carbons (Fsp3) is 0.350. The van der Waals surface area contributed by atoms with Gasteiger partial charge in [0.25, 0.3) is 5.56 Å². The lowest BCUT2D eigenvalue weighted by Gasteiger charge is -2.13. The van der Waals surface area contributed by atoms with Crippen molar-refractivity contribution in [2.45, 2.75) is 32.1 Å². The van der Waals surface area contributed by atoms with Crippen LogP contribution < -0.4 is 26.6 Å². The van der Waals surface area contributed by atoms with Crippen LogP contribution in [0.4, 0.5) is 5.82 Å². The minimum Gasteiger partial charge on any atom is -0.368 e. The number of fused-ring (bicyclic) bond motifs is 1. The van der Waals surface area contributed by atoms with Gasteiger partial charge in [0.15, 0.2) is 5.82 Å². The Bertz CT molecular complexity index is 935. The fourth-order valence-corrected chi connectivity index (χ4v) is 3.03. The lowest BCUT2D eigenvalue weighted by atomic mass is 10.0. The number of amides is 1. The molecule has 6 heteroatoms. The zero-order valence-electron chi connectivity index (χ0n) is 14.9. The van der Waals surface area contributed by atoms with Crippen molar-refractivity contribution in [3.8, 4) is 0 Å². The fourth-order valence-electron chi connectivity index (χ4n) is 3.03. The Labute approximate surface area is 152 Å². The lowest BCUT2D eigenvalue weighted by molar-refractivity contribution is -0.122. The number of nitrogens with one attached hydrogen (secondary N) is 3. The second-order valence-electron chi connectivity index (χ2n) is 6.42. The largest absolute Gasteiger partial charge is 0.368 e. The van der Waals surface area contributed by atoms with Crippen LogP contribution in [-0.4, -0.2) is 29.2 Å². The maximum absolute atomic E-state index is 12.2. The number of rotatable bonds is 7. The van der Waals surface area contributed by atoms with Crippen molar-refractivity contribution < 1.29 is 4.79 Å². The van der Waals surface area contributed by atoms with Gasteiger partial charge in [-0.1, -0.05) is 42.5 Å². The first-order chi connectivity index (χ1) is 12.7. The number of nitrogens with zero attached hydrogens (tertiary/aromatic N) is 1. The van der Waals surface area contributed by atoms with Crippen LogP contribution in [0.3, 0.4) is 0 Å². The molecular weight excluding hydrogens is 328 g/mol. The third-order valence-electron chi connectivity index (χ3n) is 4.56. The Morgan fingerprint density at radius 1 is 1.15 bits per heavy atom. The van der Waals surface area contributed by atoms with Gasteiger partial charge in [-0.3, -0.25) is 9.59 Å². The highest BCUT2D eigenvalue weighted by Gasteiger charge is 2.13. The van der Waals surface area contributed by atoms with Crippen molar-refractivity contribution >= 4 is 23.9 Å². The van der Waals surface area contributed by atoms with Gasteiger partial charge in [0.05, 0.1) is 5.92 Å². The van der Waals surface area contributed by atoms with E-state index in [0.717, 1.165) is 30.0 Å². The Morgan fingerprint density at radius 2 is 1.88 bits per heavy atom. The summed E-state index contributed by atoms with van der Waals surface area (Å²) >= 11 is 0. The Hall–Kier alpha value is -2.89. The first-order valence-corrected chi connectivity index (χ1v) is 9.02. The molecule has 0 spiro atoms. The molecule has 0 aliphatic heterocycles. The molecule has 0 bridgehead atoms. The molecule has 1 aromatic heterocycles. The van der Waals surface area contributed by atoms with E-state index >= 15 is 0 Å². The number of benzene rings is 1. The van der Waals surface area contributed by atoms with Crippen LogP contribution in [0.5, 0.6) is 0 Å². The monoisotopic (exact) mass is 352 g/mol. The maximum atomic E-state index is 12.2. The number of anilines is 1. The van der Waals surface area contributed by atoms with Gasteiger partial charge in [-0.2, -0.15) is 5.10 Å². The van der Waals surface area contributed by atoms with Crippen LogP contribution >= 0.6 is 0 Å². The van der Waals surface area contributed by atoms with Crippen LogP contribution in [0.2, 0.25) is 0 Å². The smallest absolute Gasteiger partial charge is 0.271 e. The second-order valence-corrected chi connectivity index (χ2v) is 6.42. The van der Waals surface area contributed by atoms with E-state index in [1.165, 1.54) is 0 Å². The second kappa shape index (κ2) is 8.47. The zero-order chi connectivity index (χ0) is 18.4. The van der Waals surface area contributed by atoms with Crippen LogP contribution in [-0.2, 0) is 4.79 Å². The van der Waals surface area contributed by atoms with Gasteiger partial charge in [0.2, 0.25) is 5.91 Å². The molecule has 1 amide bonds. The number of carbonyl (C=O) groups is 1. The molecule has 136 valence electrons. The predicted octanol–water partition coefficient (Wildman–Crippen LogP) is 0.847. The average molecular weight is 352 g/mol. The molecule has 1 atom stereocenters. The minimum absolute atomic E-state index is 0.0266. The Balaban J connectivity index is 1.48. The van der Waals surface area contributed by atoms with Crippen LogP contribution in [0.15, 0.2) is 35.1 Å². The molecule has 0 saturated heterocycles. The van der Waals surface area contributed by atoms with E-state index in [1.54, 1.807) is 0 Å². The van der Waals surface area contributed by atoms with Gasteiger partial charge < -0.3 is 10.6 Å². The molecule has 3 rings (SSSR count). The zero-order valence-corrected chi connectivity index (χ0v) is 14.9. The highest BCUT2D eigenvalue weighted by Crippen LogP contribution is 2.14. The molecule has 1 unspecified atom stereocenters. The van der Waals surface area contributed by atoms with E-state index in [1.807, 2.05) is 49.4 Å². The van der Waals surface area contributed by atoms with E-state index in [9.17, 15) is 9.59 Å². The number of H-pyrrole nitrogens is 1. The SMILES string of the molecule is CC(C(=O)NCCCNc1n[nH]c(=O)c2c1=CCCC=2)c1ccccc1. The van der Waals surface area contributed by atoms with E-state index in [4.69, 9.17) is 0 Å². The molecule has 1 aliphatic rings. The number of aromatic amines is 1. The summed E-state index contributed by atoms with van der Waals surface area (Å²) < 4.78 is 0. The van der Waals surface area contributed by atoms with Gasteiger partial charge in [-0.25, -0.2) is 5.10 Å². The van der Waals surface area contributed by atoms with Gasteiger partial charge in [0, 0.05) is 23.5 Å². The summed E-state index contributed by atoms with van der Waals surface area (Å²) in [5.74, 6) is 0.556. The summed E-state index contributed by atoms with van der Waals surface area (Å²) in [6.45, 7) is 3.16. The van der Waals surface area contributed by atoms with Crippen molar-refractivity contribution in [1.29, 1.82) is 0 Å². The molecule has 0 fully saturated rings. The summed E-state index contributed by atoms with van der Waals surface area (Å²) in [5, 5.41) is 14.4. The van der Waals surface area contributed by atoms with Gasteiger partial charge >= 0.3 is 0 Å². The summed E-state index contributed by atoms with van der Waals surface area (Å²) in [7, 11) is 0. The highest BCUT2D eigenvalue weighted by atomic mass is 16.1. The summed E-state index contributed by atoms with van der Waals surface area (Å²) in [6.07, 6.45) is 6.56. The minimum atomic E-state index is -0.165. The van der Waals surface area contributed by atoms with E-state index in [0.29, 0.717) is 24.1 Å². The predicted molar refractivity (Wildman–Crippen MR) is 103 cm³/mol. The topological polar surface area (TPSA) is 86.9 Å². The molecule has 1 heterocycles. The van der Waals surface area contributed by atoms with E-state index < -0.39 is 0 Å². The van der Waals surface area contributed by atoms with E-state index in [2.05, 4.69) is 20.8 Å². The van der Waals surface area contributed by atoms with Crippen LogP contribution in [0.1, 0.15) is 37.7 Å². The third kappa shape index (κ3) is 4.20. The Kier molecular flexibility index (Phi) is 5.84. The van der Waals surface area contributed by atoms with Crippen molar-refractivity contribution in [2.75, 3.05) is 18.4 Å². The lowest BCUT2D eigenvalue weighted by Crippen LogP contribution is -2.44. The molecule has 26 heavy (non-hydrogen) atoms. The Morgan fingerprint density at radius 3 is 2.65 bits per heavy atom. The van der Waals surface area contributed by atoms with Gasteiger partial charge in [-0.05, 0) is 31.7 Å². The first-order valence-electron chi connectivity index (χ1n) is 9.02. The summed E-state index contributed by atoms with van der Waals surface area (Å²) in [5.41, 5.74) is 0.864. The molecule has 1 aliphatic carbocycles. The molecule has 3 N–H and O–H groups in total. The molecular formula is C20H24N4O2. The van der Waals surface area contributed by atoms with Crippen molar-refractivity contribution in [3.63, 3.8) is 0 Å². The average Bonchev–Trinajstić information content (AvgIpc) is 2.69. The third-order valence-corrected chi connectivity index (χ3v) is 4.56. The van der Waals surface area contributed by atoms with Crippen molar-refractivity contribution in [3.05, 3.63) is 56.7 Å². The summed E-state index contributed by atoms with van der Waals surface area (Å²) in [6, 6.07) is 9.75. The number of aromatic nitrogens is 2.